The van der Waals surface area contributed by atoms with E-state index in [2.05, 4.69) is 6.92 Å². The van der Waals surface area contributed by atoms with Crippen LogP contribution in [0.4, 0.5) is 4.39 Å². The van der Waals surface area contributed by atoms with E-state index in [9.17, 15) is 4.39 Å². The van der Waals surface area contributed by atoms with Crippen molar-refractivity contribution >= 4 is 0 Å². The van der Waals surface area contributed by atoms with E-state index < -0.39 is 0 Å². The Morgan fingerprint density at radius 1 is 1.37 bits per heavy atom. The van der Waals surface area contributed by atoms with Gasteiger partial charge in [-0.2, -0.15) is 0 Å². The molecule has 0 radical (unpaired) electrons. The second-order valence-electron chi connectivity index (χ2n) is 5.58. The van der Waals surface area contributed by atoms with Crippen LogP contribution in [0.15, 0.2) is 18.2 Å². The van der Waals surface area contributed by atoms with Crippen molar-refractivity contribution in [2.24, 2.45) is 11.7 Å². The van der Waals surface area contributed by atoms with E-state index in [1.807, 2.05) is 6.92 Å². The molecule has 0 bridgehead atoms. The van der Waals surface area contributed by atoms with E-state index in [4.69, 9.17) is 10.5 Å². The Labute approximate surface area is 115 Å². The Morgan fingerprint density at radius 3 is 2.79 bits per heavy atom. The summed E-state index contributed by atoms with van der Waals surface area (Å²) in [5, 5.41) is 0. The molecule has 3 heteroatoms. The summed E-state index contributed by atoms with van der Waals surface area (Å²) in [5.74, 6) is 0.946. The van der Waals surface area contributed by atoms with Crippen LogP contribution in [0.25, 0.3) is 0 Å². The molecule has 2 nitrogen and oxygen atoms in total. The highest BCUT2D eigenvalue weighted by Gasteiger charge is 2.26. The topological polar surface area (TPSA) is 35.2 Å². The molecule has 19 heavy (non-hydrogen) atoms. The van der Waals surface area contributed by atoms with Crippen molar-refractivity contribution in [2.45, 2.75) is 58.1 Å². The maximum atomic E-state index is 13.4. The fourth-order valence-electron chi connectivity index (χ4n) is 2.95. The van der Waals surface area contributed by atoms with E-state index in [1.165, 1.54) is 31.4 Å². The molecule has 0 aromatic heterocycles. The first kappa shape index (κ1) is 14.3. The number of benzene rings is 1. The molecular formula is C16H24FNO. The highest BCUT2D eigenvalue weighted by Crippen LogP contribution is 2.33. The number of nitrogens with two attached hydrogens (primary N) is 1. The van der Waals surface area contributed by atoms with Crippen molar-refractivity contribution < 1.29 is 9.13 Å². The summed E-state index contributed by atoms with van der Waals surface area (Å²) in [6.07, 6.45) is 6.08. The van der Waals surface area contributed by atoms with Crippen molar-refractivity contribution in [2.75, 3.05) is 0 Å². The van der Waals surface area contributed by atoms with Gasteiger partial charge in [-0.25, -0.2) is 4.39 Å². The van der Waals surface area contributed by atoms with Crippen LogP contribution in [0, 0.1) is 11.7 Å². The van der Waals surface area contributed by atoms with Gasteiger partial charge in [0.05, 0.1) is 0 Å². The van der Waals surface area contributed by atoms with Gasteiger partial charge in [-0.1, -0.05) is 19.4 Å². The SMILES string of the molecule is CCC1CCCCC1Oc1cc(F)ccc1[C@H](C)N. The van der Waals surface area contributed by atoms with Crippen LogP contribution < -0.4 is 10.5 Å². The van der Waals surface area contributed by atoms with Crippen LogP contribution in [-0.4, -0.2) is 6.10 Å². The van der Waals surface area contributed by atoms with Gasteiger partial charge >= 0.3 is 0 Å². The zero-order valence-electron chi connectivity index (χ0n) is 11.9. The van der Waals surface area contributed by atoms with Gasteiger partial charge in [0.15, 0.2) is 0 Å². The van der Waals surface area contributed by atoms with Gasteiger partial charge in [-0.3, -0.25) is 0 Å². The Balaban J connectivity index is 2.19. The molecule has 0 amide bonds. The molecule has 1 aromatic carbocycles. The maximum Gasteiger partial charge on any atom is 0.127 e. The summed E-state index contributed by atoms with van der Waals surface area (Å²) in [5.41, 5.74) is 6.83. The second kappa shape index (κ2) is 6.38. The summed E-state index contributed by atoms with van der Waals surface area (Å²) in [7, 11) is 0. The van der Waals surface area contributed by atoms with Gasteiger partial charge in [-0.05, 0) is 44.6 Å². The highest BCUT2D eigenvalue weighted by atomic mass is 19.1. The predicted octanol–water partition coefficient (Wildman–Crippen LogP) is 4.19. The smallest absolute Gasteiger partial charge is 0.127 e. The third-order valence-corrected chi connectivity index (χ3v) is 4.11. The van der Waals surface area contributed by atoms with Crippen molar-refractivity contribution in [3.8, 4) is 5.75 Å². The molecule has 1 aromatic rings. The molecule has 1 aliphatic carbocycles. The molecule has 3 atom stereocenters. The van der Waals surface area contributed by atoms with E-state index in [0.717, 1.165) is 18.4 Å². The molecule has 0 aliphatic heterocycles. The molecule has 1 aliphatic rings. The zero-order valence-corrected chi connectivity index (χ0v) is 11.9. The lowest BCUT2D eigenvalue weighted by Crippen LogP contribution is -2.30. The van der Waals surface area contributed by atoms with Crippen LogP contribution in [0.3, 0.4) is 0 Å². The standard InChI is InChI=1S/C16H24FNO/c1-3-12-6-4-5-7-15(12)19-16-10-13(17)8-9-14(16)11(2)18/h8-12,15H,3-7,18H2,1-2H3/t11-,12?,15?/m0/s1. The molecule has 0 heterocycles. The molecule has 1 fully saturated rings. The van der Waals surface area contributed by atoms with Gasteiger partial charge in [0.2, 0.25) is 0 Å². The van der Waals surface area contributed by atoms with Crippen molar-refractivity contribution in [3.63, 3.8) is 0 Å². The number of rotatable bonds is 4. The van der Waals surface area contributed by atoms with Crippen LogP contribution >= 0.6 is 0 Å². The fourth-order valence-corrected chi connectivity index (χ4v) is 2.95. The van der Waals surface area contributed by atoms with E-state index >= 15 is 0 Å². The molecule has 1 saturated carbocycles. The lowest BCUT2D eigenvalue weighted by molar-refractivity contribution is 0.0888. The largest absolute Gasteiger partial charge is 0.490 e. The summed E-state index contributed by atoms with van der Waals surface area (Å²) >= 11 is 0. The first-order valence-electron chi connectivity index (χ1n) is 7.33. The van der Waals surface area contributed by atoms with Crippen LogP contribution in [0.1, 0.15) is 57.6 Å². The monoisotopic (exact) mass is 265 g/mol. The number of ether oxygens (including phenoxy) is 1. The summed E-state index contributed by atoms with van der Waals surface area (Å²) < 4.78 is 19.5. The molecular weight excluding hydrogens is 241 g/mol. The minimum absolute atomic E-state index is 0.140. The fraction of sp³-hybridized carbons (Fsp3) is 0.625. The minimum atomic E-state index is -0.261. The Hall–Kier alpha value is -1.09. The van der Waals surface area contributed by atoms with Gasteiger partial charge < -0.3 is 10.5 Å². The van der Waals surface area contributed by atoms with Crippen LogP contribution in [-0.2, 0) is 0 Å². The molecule has 106 valence electrons. The lowest BCUT2D eigenvalue weighted by Gasteiger charge is -2.32. The van der Waals surface area contributed by atoms with Gasteiger partial charge in [0.25, 0.3) is 0 Å². The van der Waals surface area contributed by atoms with Crippen LogP contribution in [0.5, 0.6) is 5.75 Å². The summed E-state index contributed by atoms with van der Waals surface area (Å²) in [6, 6.07) is 4.52. The Morgan fingerprint density at radius 2 is 2.11 bits per heavy atom. The molecule has 0 saturated heterocycles. The van der Waals surface area contributed by atoms with E-state index in [1.54, 1.807) is 6.07 Å². The Kier molecular flexibility index (Phi) is 4.81. The first-order chi connectivity index (χ1) is 9.11. The molecule has 0 spiro atoms. The normalized spacial score (nSPS) is 25.1. The van der Waals surface area contributed by atoms with Gasteiger partial charge in [-0.15, -0.1) is 0 Å². The third-order valence-electron chi connectivity index (χ3n) is 4.11. The van der Waals surface area contributed by atoms with Gasteiger partial charge in [0, 0.05) is 17.7 Å². The zero-order chi connectivity index (χ0) is 13.8. The predicted molar refractivity (Wildman–Crippen MR) is 75.7 cm³/mol. The van der Waals surface area contributed by atoms with Crippen molar-refractivity contribution in [3.05, 3.63) is 29.6 Å². The Bertz CT molecular complexity index is 419. The van der Waals surface area contributed by atoms with Crippen LogP contribution in [0.2, 0.25) is 0 Å². The maximum absolute atomic E-state index is 13.4. The number of halogens is 1. The third kappa shape index (κ3) is 3.47. The summed E-state index contributed by atoms with van der Waals surface area (Å²) in [6.45, 7) is 4.10. The van der Waals surface area contributed by atoms with E-state index in [0.29, 0.717) is 11.7 Å². The number of hydrogen-bond acceptors (Lipinski definition) is 2. The highest BCUT2D eigenvalue weighted by molar-refractivity contribution is 5.36. The molecule has 2 unspecified atom stereocenters. The quantitative estimate of drug-likeness (QED) is 0.885. The molecule has 2 N–H and O–H groups in total. The van der Waals surface area contributed by atoms with Gasteiger partial charge in [0.1, 0.15) is 17.7 Å². The van der Waals surface area contributed by atoms with Crippen molar-refractivity contribution in [1.29, 1.82) is 0 Å². The minimum Gasteiger partial charge on any atom is -0.490 e. The summed E-state index contributed by atoms with van der Waals surface area (Å²) in [4.78, 5) is 0. The molecule has 2 rings (SSSR count). The van der Waals surface area contributed by atoms with Crippen molar-refractivity contribution in [1.82, 2.24) is 0 Å². The number of hydrogen-bond donors (Lipinski definition) is 1. The van der Waals surface area contributed by atoms with E-state index in [-0.39, 0.29) is 18.0 Å². The first-order valence-corrected chi connectivity index (χ1v) is 7.33. The average molecular weight is 265 g/mol. The lowest BCUT2D eigenvalue weighted by atomic mass is 9.84. The average Bonchev–Trinajstić information content (AvgIpc) is 2.39. The second-order valence-corrected chi connectivity index (χ2v) is 5.58.